The molecular weight excluding hydrogens is 390 g/mol. The van der Waals surface area contributed by atoms with Crippen LogP contribution >= 0.6 is 0 Å². The van der Waals surface area contributed by atoms with Gasteiger partial charge in [0.2, 0.25) is 0 Å². The molecule has 2 rings (SSSR count). The number of allylic oxidation sites excluding steroid dienone is 2. The number of nitrogens with zero attached hydrogens (tertiary/aromatic N) is 1. The molecule has 162 valence electrons. The molecule has 2 aromatic rings. The number of carboxylic acid groups (broad SMARTS) is 1. The number of benzene rings is 1. The van der Waals surface area contributed by atoms with E-state index in [0.717, 1.165) is 5.57 Å². The smallest absolute Gasteiger partial charge is 0.341 e. The molecule has 9 heteroatoms. The Hall–Kier alpha value is -3.17. The summed E-state index contributed by atoms with van der Waals surface area (Å²) in [6, 6.07) is 3.44. The summed E-state index contributed by atoms with van der Waals surface area (Å²) in [7, 11) is 0. The van der Waals surface area contributed by atoms with Crippen LogP contribution in [0.5, 0.6) is 5.75 Å². The number of aliphatic hydroxyl groups excluding tert-OH is 1. The monoisotopic (exact) mass is 417 g/mol. The van der Waals surface area contributed by atoms with Crippen molar-refractivity contribution in [2.24, 2.45) is 11.5 Å². The van der Waals surface area contributed by atoms with Crippen LogP contribution < -0.4 is 16.2 Å². The maximum atomic E-state index is 12.7. The van der Waals surface area contributed by atoms with E-state index < -0.39 is 30.4 Å². The predicted octanol–water partition coefficient (Wildman–Crippen LogP) is 0.909. The standard InChI is InChI=1S/C21H27N3O6/c1-4-11(2)9-24-12(3)17(19(28)21(23)29)18-15(24)6-5-13(7-14(25)8-22)20(18)30-10-16(26)27/h4-6,14,25H,7-10,22H2,1-3H3,(H2,23,29)(H,26,27)/b11-4+. The Morgan fingerprint density at radius 3 is 2.50 bits per heavy atom. The van der Waals surface area contributed by atoms with Crippen molar-refractivity contribution in [3.63, 3.8) is 0 Å². The maximum absolute atomic E-state index is 12.7. The van der Waals surface area contributed by atoms with Crippen LogP contribution in [0.3, 0.4) is 0 Å². The van der Waals surface area contributed by atoms with Gasteiger partial charge < -0.3 is 31.0 Å². The van der Waals surface area contributed by atoms with E-state index in [1.807, 2.05) is 24.5 Å². The van der Waals surface area contributed by atoms with Crippen LogP contribution in [0.1, 0.15) is 35.5 Å². The molecular formula is C21H27N3O6. The second-order valence-electron chi connectivity index (χ2n) is 7.10. The number of carbonyl (C=O) groups excluding carboxylic acids is 2. The molecule has 0 aliphatic carbocycles. The van der Waals surface area contributed by atoms with E-state index in [1.54, 1.807) is 19.1 Å². The van der Waals surface area contributed by atoms with Crippen molar-refractivity contribution in [2.75, 3.05) is 13.2 Å². The molecule has 0 fully saturated rings. The first-order chi connectivity index (χ1) is 14.1. The van der Waals surface area contributed by atoms with Crippen molar-refractivity contribution in [1.82, 2.24) is 4.57 Å². The van der Waals surface area contributed by atoms with E-state index in [-0.39, 0.29) is 24.3 Å². The highest BCUT2D eigenvalue weighted by molar-refractivity contribution is 6.45. The number of carboxylic acids is 1. The van der Waals surface area contributed by atoms with E-state index in [9.17, 15) is 19.5 Å². The Labute approximate surface area is 173 Å². The molecule has 1 heterocycles. The fourth-order valence-electron chi connectivity index (χ4n) is 3.32. The minimum Gasteiger partial charge on any atom is -0.481 e. The summed E-state index contributed by atoms with van der Waals surface area (Å²) in [5.41, 5.74) is 13.4. The first kappa shape index (κ1) is 23.1. The summed E-state index contributed by atoms with van der Waals surface area (Å²) in [5.74, 6) is -3.12. The van der Waals surface area contributed by atoms with E-state index in [1.165, 1.54) is 0 Å². The molecule has 0 aliphatic heterocycles. The van der Waals surface area contributed by atoms with E-state index >= 15 is 0 Å². The van der Waals surface area contributed by atoms with Gasteiger partial charge in [-0.1, -0.05) is 17.7 Å². The third-order valence-electron chi connectivity index (χ3n) is 4.94. The molecule has 1 aromatic heterocycles. The number of ether oxygens (including phenoxy) is 1. The third kappa shape index (κ3) is 4.69. The third-order valence-corrected chi connectivity index (χ3v) is 4.94. The van der Waals surface area contributed by atoms with Crippen molar-refractivity contribution < 1.29 is 29.3 Å². The number of Topliss-reactive ketones (excluding diaryl/α,β-unsaturated/α-hetero) is 1. The Kier molecular flexibility index (Phi) is 7.36. The van der Waals surface area contributed by atoms with Gasteiger partial charge in [0.1, 0.15) is 5.75 Å². The van der Waals surface area contributed by atoms with Crippen LogP contribution in [0.15, 0.2) is 23.8 Å². The molecule has 1 aromatic carbocycles. The average Bonchev–Trinajstić information content (AvgIpc) is 2.97. The summed E-state index contributed by atoms with van der Waals surface area (Å²) < 4.78 is 7.39. The molecule has 0 aliphatic rings. The molecule has 0 saturated heterocycles. The Bertz CT molecular complexity index is 1020. The molecule has 0 radical (unpaired) electrons. The first-order valence-electron chi connectivity index (χ1n) is 9.45. The molecule has 0 saturated carbocycles. The lowest BCUT2D eigenvalue weighted by molar-refractivity contribution is -0.139. The average molecular weight is 417 g/mol. The molecule has 6 N–H and O–H groups in total. The first-order valence-corrected chi connectivity index (χ1v) is 9.45. The number of amides is 1. The van der Waals surface area contributed by atoms with E-state index in [2.05, 4.69) is 0 Å². The van der Waals surface area contributed by atoms with Crippen LogP contribution in [-0.2, 0) is 22.6 Å². The fraction of sp³-hybridized carbons (Fsp3) is 0.381. The van der Waals surface area contributed by atoms with Gasteiger partial charge in [0, 0.05) is 25.2 Å². The Morgan fingerprint density at radius 2 is 1.97 bits per heavy atom. The normalized spacial score (nSPS) is 12.8. The highest BCUT2D eigenvalue weighted by Crippen LogP contribution is 2.38. The SMILES string of the molecule is C/C=C(\C)Cn1c(C)c(C(=O)C(N)=O)c2c(OCC(=O)O)c(CC(O)CN)ccc21. The lowest BCUT2D eigenvalue weighted by atomic mass is 9.99. The number of hydrogen-bond donors (Lipinski definition) is 4. The van der Waals surface area contributed by atoms with E-state index in [0.29, 0.717) is 28.7 Å². The van der Waals surface area contributed by atoms with Crippen LogP contribution in [0.4, 0.5) is 0 Å². The second-order valence-corrected chi connectivity index (χ2v) is 7.10. The fourth-order valence-corrected chi connectivity index (χ4v) is 3.32. The van der Waals surface area contributed by atoms with E-state index in [4.69, 9.17) is 21.3 Å². The molecule has 30 heavy (non-hydrogen) atoms. The van der Waals surface area contributed by atoms with Gasteiger partial charge in [-0.05, 0) is 32.4 Å². The highest BCUT2D eigenvalue weighted by atomic mass is 16.5. The van der Waals surface area contributed by atoms with Gasteiger partial charge in [-0.25, -0.2) is 4.79 Å². The zero-order chi connectivity index (χ0) is 22.6. The molecule has 0 spiro atoms. The summed E-state index contributed by atoms with van der Waals surface area (Å²) in [5, 5.41) is 19.4. The minimum absolute atomic E-state index is 0.00991. The number of rotatable bonds is 10. The van der Waals surface area contributed by atoms with Crippen molar-refractivity contribution in [3.05, 3.63) is 40.6 Å². The molecule has 1 unspecified atom stereocenters. The lowest BCUT2D eigenvalue weighted by Crippen LogP contribution is -2.24. The maximum Gasteiger partial charge on any atom is 0.341 e. The van der Waals surface area contributed by atoms with Crippen molar-refractivity contribution >= 4 is 28.6 Å². The zero-order valence-electron chi connectivity index (χ0n) is 17.3. The Morgan fingerprint density at radius 1 is 1.30 bits per heavy atom. The van der Waals surface area contributed by atoms with Gasteiger partial charge >= 0.3 is 5.97 Å². The topological polar surface area (TPSA) is 158 Å². The number of aliphatic carboxylic acids is 1. The number of hydrogen-bond acceptors (Lipinski definition) is 6. The van der Waals surface area contributed by atoms with Gasteiger partial charge in [0.25, 0.3) is 11.7 Å². The summed E-state index contributed by atoms with van der Waals surface area (Å²) in [4.78, 5) is 35.5. The lowest BCUT2D eigenvalue weighted by Gasteiger charge is -2.15. The van der Waals surface area contributed by atoms with Gasteiger partial charge in [0.05, 0.1) is 22.6 Å². The number of nitrogens with two attached hydrogens (primary N) is 2. The minimum atomic E-state index is -1.21. The quantitative estimate of drug-likeness (QED) is 0.254. The largest absolute Gasteiger partial charge is 0.481 e. The van der Waals surface area contributed by atoms with Gasteiger partial charge in [-0.3, -0.25) is 9.59 Å². The Balaban J connectivity index is 2.89. The zero-order valence-corrected chi connectivity index (χ0v) is 17.3. The van der Waals surface area contributed by atoms with Crippen LogP contribution in [0.2, 0.25) is 0 Å². The number of primary amides is 1. The molecule has 9 nitrogen and oxygen atoms in total. The van der Waals surface area contributed by atoms with Crippen molar-refractivity contribution in [1.29, 1.82) is 0 Å². The van der Waals surface area contributed by atoms with Crippen LogP contribution in [0, 0.1) is 6.92 Å². The van der Waals surface area contributed by atoms with Crippen molar-refractivity contribution in [2.45, 2.75) is 39.8 Å². The summed E-state index contributed by atoms with van der Waals surface area (Å²) in [6.07, 6.45) is 1.12. The highest BCUT2D eigenvalue weighted by Gasteiger charge is 2.28. The van der Waals surface area contributed by atoms with Crippen molar-refractivity contribution in [3.8, 4) is 5.75 Å². The number of aromatic nitrogens is 1. The van der Waals surface area contributed by atoms with Gasteiger partial charge in [0.15, 0.2) is 6.61 Å². The molecule has 1 atom stereocenters. The summed E-state index contributed by atoms with van der Waals surface area (Å²) >= 11 is 0. The van der Waals surface area contributed by atoms with Gasteiger partial charge in [-0.2, -0.15) is 0 Å². The van der Waals surface area contributed by atoms with Crippen LogP contribution in [-0.4, -0.2) is 51.7 Å². The second kappa shape index (κ2) is 9.55. The van der Waals surface area contributed by atoms with Gasteiger partial charge in [-0.15, -0.1) is 0 Å². The molecule has 0 bridgehead atoms. The molecule has 1 amide bonds. The number of fused-ring (bicyclic) bond motifs is 1. The predicted molar refractivity (Wildman–Crippen MR) is 112 cm³/mol. The summed E-state index contributed by atoms with van der Waals surface area (Å²) in [6.45, 7) is 5.29. The number of carbonyl (C=O) groups is 3. The van der Waals surface area contributed by atoms with Crippen LogP contribution in [0.25, 0.3) is 10.9 Å². The number of ketones is 1. The number of aliphatic hydroxyl groups is 1.